The first kappa shape index (κ1) is 29.5. The van der Waals surface area contributed by atoms with Crippen LogP contribution < -0.4 is 21.5 Å². The molecule has 0 saturated carbocycles. The van der Waals surface area contributed by atoms with Crippen molar-refractivity contribution in [3.05, 3.63) is 60.2 Å². The Kier molecular flexibility index (Phi) is 11.3. The fourth-order valence-corrected chi connectivity index (χ4v) is 6.12. The topological polar surface area (TPSA) is 148 Å². The van der Waals surface area contributed by atoms with Crippen molar-refractivity contribution in [2.75, 3.05) is 30.0 Å². The standard InChI is InChI=1S/C25H35N5O4S3/c26-21(25(32)30-13-14-36-17-30)11-4-5-12-28-37(33,34)20-10-6-9-19(16-20)29-24(31)23(35)22(27)15-18-7-2-1-3-8-18/h1-3,6-10,16,21-23,28,35H,4-5,11-15,17,26-27H2,(H,29,31). The van der Waals surface area contributed by atoms with Gasteiger partial charge in [0.25, 0.3) is 0 Å². The lowest BCUT2D eigenvalue weighted by Gasteiger charge is -2.19. The number of hydrogen-bond donors (Lipinski definition) is 5. The van der Waals surface area contributed by atoms with Gasteiger partial charge in [-0.3, -0.25) is 9.59 Å². The normalized spacial score (nSPS) is 16.2. The van der Waals surface area contributed by atoms with Crippen molar-refractivity contribution < 1.29 is 18.0 Å². The first-order valence-corrected chi connectivity index (χ1v) is 15.3. The van der Waals surface area contributed by atoms with Gasteiger partial charge in [0.15, 0.2) is 0 Å². The van der Waals surface area contributed by atoms with E-state index >= 15 is 0 Å². The first-order chi connectivity index (χ1) is 17.7. The summed E-state index contributed by atoms with van der Waals surface area (Å²) in [7, 11) is -3.78. The maximum atomic E-state index is 12.7. The Labute approximate surface area is 228 Å². The summed E-state index contributed by atoms with van der Waals surface area (Å²) < 4.78 is 28.1. The number of nitrogens with two attached hydrogens (primary N) is 2. The fraction of sp³-hybridized carbons (Fsp3) is 0.440. The van der Waals surface area contributed by atoms with Gasteiger partial charge < -0.3 is 21.7 Å². The highest BCUT2D eigenvalue weighted by Crippen LogP contribution is 2.18. The van der Waals surface area contributed by atoms with E-state index in [0.717, 1.165) is 17.9 Å². The van der Waals surface area contributed by atoms with E-state index in [-0.39, 0.29) is 17.3 Å². The molecule has 3 unspecified atom stereocenters. The molecule has 202 valence electrons. The van der Waals surface area contributed by atoms with Gasteiger partial charge in [-0.15, -0.1) is 11.8 Å². The third-order valence-electron chi connectivity index (χ3n) is 6.02. The average Bonchev–Trinajstić information content (AvgIpc) is 3.43. The van der Waals surface area contributed by atoms with E-state index < -0.39 is 33.3 Å². The van der Waals surface area contributed by atoms with Crippen LogP contribution in [0.5, 0.6) is 0 Å². The lowest BCUT2D eigenvalue weighted by atomic mass is 10.0. The van der Waals surface area contributed by atoms with E-state index in [4.69, 9.17) is 11.5 Å². The van der Waals surface area contributed by atoms with Gasteiger partial charge in [-0.2, -0.15) is 12.6 Å². The Morgan fingerprint density at radius 1 is 1.08 bits per heavy atom. The summed E-state index contributed by atoms with van der Waals surface area (Å²) in [5, 5.41) is 1.93. The second-order valence-electron chi connectivity index (χ2n) is 8.95. The number of sulfonamides is 1. The summed E-state index contributed by atoms with van der Waals surface area (Å²) in [4.78, 5) is 26.7. The predicted octanol–water partition coefficient (Wildman–Crippen LogP) is 1.80. The van der Waals surface area contributed by atoms with Crippen molar-refractivity contribution >= 4 is 51.9 Å². The van der Waals surface area contributed by atoms with Gasteiger partial charge in [0.05, 0.1) is 22.1 Å². The summed E-state index contributed by atoms with van der Waals surface area (Å²) in [5.41, 5.74) is 13.5. The number of anilines is 1. The van der Waals surface area contributed by atoms with E-state index in [9.17, 15) is 18.0 Å². The van der Waals surface area contributed by atoms with Gasteiger partial charge in [-0.1, -0.05) is 42.8 Å². The molecule has 6 N–H and O–H groups in total. The van der Waals surface area contributed by atoms with Crippen LogP contribution in [-0.2, 0) is 26.0 Å². The van der Waals surface area contributed by atoms with Crippen molar-refractivity contribution in [2.45, 2.75) is 47.9 Å². The SMILES string of the molecule is NC(CCCCNS(=O)(=O)c1cccc(NC(=O)C(S)C(N)Cc2ccccc2)c1)C(=O)N1CCSC1. The molecule has 0 bridgehead atoms. The Bertz CT molecular complexity index is 1140. The van der Waals surface area contributed by atoms with Gasteiger partial charge in [0.2, 0.25) is 21.8 Å². The highest BCUT2D eigenvalue weighted by atomic mass is 32.2. The van der Waals surface area contributed by atoms with Crippen LogP contribution in [0.2, 0.25) is 0 Å². The molecule has 0 spiro atoms. The summed E-state index contributed by atoms with van der Waals surface area (Å²) in [6.07, 6.45) is 2.16. The van der Waals surface area contributed by atoms with E-state index in [0.29, 0.717) is 37.2 Å². The molecule has 0 aliphatic carbocycles. The number of nitrogens with zero attached hydrogens (tertiary/aromatic N) is 1. The quantitative estimate of drug-likeness (QED) is 0.184. The Morgan fingerprint density at radius 2 is 1.84 bits per heavy atom. The number of rotatable bonds is 13. The molecule has 1 saturated heterocycles. The molecule has 2 aromatic carbocycles. The largest absolute Gasteiger partial charge is 0.331 e. The zero-order valence-corrected chi connectivity index (χ0v) is 23.1. The molecule has 1 aliphatic heterocycles. The lowest BCUT2D eigenvalue weighted by molar-refractivity contribution is -0.131. The number of thiol groups is 1. The molecule has 1 aliphatic rings. The van der Waals surface area contributed by atoms with Crippen molar-refractivity contribution in [3.8, 4) is 0 Å². The minimum atomic E-state index is -3.78. The lowest BCUT2D eigenvalue weighted by Crippen LogP contribution is -2.42. The monoisotopic (exact) mass is 565 g/mol. The molecule has 0 radical (unpaired) electrons. The first-order valence-electron chi connectivity index (χ1n) is 12.2. The molecular formula is C25H35N5O4S3. The summed E-state index contributed by atoms with van der Waals surface area (Å²) >= 11 is 6.09. The number of hydrogen-bond acceptors (Lipinski definition) is 8. The van der Waals surface area contributed by atoms with Crippen molar-refractivity contribution in [2.24, 2.45) is 11.5 Å². The van der Waals surface area contributed by atoms with E-state index in [1.165, 1.54) is 12.1 Å². The molecule has 3 rings (SSSR count). The minimum absolute atomic E-state index is 0.0352. The Morgan fingerprint density at radius 3 is 2.54 bits per heavy atom. The smallest absolute Gasteiger partial charge is 0.240 e. The second kappa shape index (κ2) is 14.2. The molecule has 37 heavy (non-hydrogen) atoms. The van der Waals surface area contributed by atoms with Crippen LogP contribution in [0.1, 0.15) is 24.8 Å². The molecule has 2 aromatic rings. The molecule has 2 amide bonds. The number of carbonyl (C=O) groups is 2. The van der Waals surface area contributed by atoms with Gasteiger partial charge in [-0.25, -0.2) is 13.1 Å². The highest BCUT2D eigenvalue weighted by molar-refractivity contribution is 7.99. The second-order valence-corrected chi connectivity index (χ2v) is 12.4. The number of benzene rings is 2. The zero-order chi connectivity index (χ0) is 26.8. The maximum absolute atomic E-state index is 12.7. The third-order valence-corrected chi connectivity index (χ3v) is 9.06. The molecule has 9 nitrogen and oxygen atoms in total. The van der Waals surface area contributed by atoms with E-state index in [1.807, 2.05) is 30.3 Å². The van der Waals surface area contributed by atoms with Crippen LogP contribution in [0.4, 0.5) is 5.69 Å². The molecule has 1 fully saturated rings. The highest BCUT2D eigenvalue weighted by Gasteiger charge is 2.24. The molecule has 12 heteroatoms. The van der Waals surface area contributed by atoms with Crippen molar-refractivity contribution in [1.29, 1.82) is 0 Å². The number of unbranched alkanes of at least 4 members (excludes halogenated alkanes) is 1. The fourth-order valence-electron chi connectivity index (χ4n) is 3.87. The summed E-state index contributed by atoms with van der Waals surface area (Å²) in [5.74, 6) is 1.16. The third kappa shape index (κ3) is 9.01. The van der Waals surface area contributed by atoms with Crippen LogP contribution in [0.25, 0.3) is 0 Å². The predicted molar refractivity (Wildman–Crippen MR) is 152 cm³/mol. The van der Waals surface area contributed by atoms with Gasteiger partial charge in [0.1, 0.15) is 0 Å². The van der Waals surface area contributed by atoms with Crippen molar-refractivity contribution in [1.82, 2.24) is 9.62 Å². The molecular weight excluding hydrogens is 531 g/mol. The molecule has 3 atom stereocenters. The number of carbonyl (C=O) groups excluding carboxylic acids is 2. The van der Waals surface area contributed by atoms with Gasteiger partial charge in [-0.05, 0) is 43.0 Å². The summed E-state index contributed by atoms with van der Waals surface area (Å²) in [6.45, 7) is 0.943. The van der Waals surface area contributed by atoms with Gasteiger partial charge in [0, 0.05) is 30.6 Å². The van der Waals surface area contributed by atoms with Crippen LogP contribution in [-0.4, -0.2) is 67.2 Å². The number of thioether (sulfide) groups is 1. The number of nitrogens with one attached hydrogen (secondary N) is 2. The van der Waals surface area contributed by atoms with Gasteiger partial charge >= 0.3 is 0 Å². The van der Waals surface area contributed by atoms with E-state index in [2.05, 4.69) is 22.7 Å². The summed E-state index contributed by atoms with van der Waals surface area (Å²) in [6, 6.07) is 14.5. The Hall–Kier alpha value is -2.09. The molecule has 0 aromatic heterocycles. The maximum Gasteiger partial charge on any atom is 0.240 e. The zero-order valence-electron chi connectivity index (χ0n) is 20.6. The average molecular weight is 566 g/mol. The van der Waals surface area contributed by atoms with Crippen LogP contribution in [0.15, 0.2) is 59.5 Å². The minimum Gasteiger partial charge on any atom is -0.331 e. The van der Waals surface area contributed by atoms with Crippen LogP contribution in [0.3, 0.4) is 0 Å². The van der Waals surface area contributed by atoms with Crippen molar-refractivity contribution in [3.63, 3.8) is 0 Å². The van der Waals surface area contributed by atoms with Crippen LogP contribution in [0, 0.1) is 0 Å². The van der Waals surface area contributed by atoms with Crippen LogP contribution >= 0.6 is 24.4 Å². The van der Waals surface area contributed by atoms with E-state index in [1.54, 1.807) is 28.8 Å². The molecule has 1 heterocycles. The Balaban J connectivity index is 1.45. The number of amides is 2.